The average molecular weight is 237 g/mol. The van der Waals surface area contributed by atoms with Crippen molar-refractivity contribution in [3.05, 3.63) is 0 Å². The van der Waals surface area contributed by atoms with Gasteiger partial charge in [-0.3, -0.25) is 4.79 Å². The number of hydrogen-bond acceptors (Lipinski definition) is 2. The van der Waals surface area contributed by atoms with Crippen molar-refractivity contribution in [1.82, 2.24) is 4.90 Å². The van der Waals surface area contributed by atoms with E-state index in [9.17, 15) is 4.79 Å². The first-order valence-electron chi connectivity index (χ1n) is 7.17. The van der Waals surface area contributed by atoms with Crippen molar-refractivity contribution in [2.75, 3.05) is 26.3 Å². The van der Waals surface area contributed by atoms with E-state index < -0.39 is 0 Å². The Labute approximate surface area is 104 Å². The number of nitrogens with zero attached hydrogens (tertiary/aromatic N) is 1. The molecule has 2 saturated carbocycles. The molecule has 0 bridgehead atoms. The topological polar surface area (TPSA) is 29.5 Å². The molecule has 0 aromatic heterocycles. The number of likely N-dealkylation sites (tertiary alicyclic amines) is 1. The number of hydrogen-bond donors (Lipinski definition) is 0. The summed E-state index contributed by atoms with van der Waals surface area (Å²) in [6, 6.07) is 0. The highest BCUT2D eigenvalue weighted by Gasteiger charge is 2.57. The Hall–Kier alpha value is -0.570. The van der Waals surface area contributed by atoms with Gasteiger partial charge in [0, 0.05) is 31.5 Å². The molecule has 3 nitrogen and oxygen atoms in total. The van der Waals surface area contributed by atoms with Gasteiger partial charge in [0.25, 0.3) is 0 Å². The first kappa shape index (κ1) is 11.5. The van der Waals surface area contributed by atoms with Gasteiger partial charge in [-0.05, 0) is 38.0 Å². The third kappa shape index (κ3) is 2.10. The summed E-state index contributed by atoms with van der Waals surface area (Å²) in [6.45, 7) is 5.56. The van der Waals surface area contributed by atoms with E-state index >= 15 is 0 Å². The zero-order valence-electron chi connectivity index (χ0n) is 10.7. The van der Waals surface area contributed by atoms with E-state index in [4.69, 9.17) is 4.74 Å². The van der Waals surface area contributed by atoms with Gasteiger partial charge in [-0.15, -0.1) is 0 Å². The van der Waals surface area contributed by atoms with Gasteiger partial charge in [-0.25, -0.2) is 0 Å². The van der Waals surface area contributed by atoms with E-state index in [2.05, 4.69) is 4.90 Å². The Morgan fingerprint density at radius 2 is 2.06 bits per heavy atom. The van der Waals surface area contributed by atoms with Crippen LogP contribution in [0.15, 0.2) is 0 Å². The Kier molecular flexibility index (Phi) is 3.12. The second-order valence-electron chi connectivity index (χ2n) is 5.88. The normalized spacial score (nSPS) is 39.5. The van der Waals surface area contributed by atoms with Gasteiger partial charge >= 0.3 is 0 Å². The molecule has 0 spiro atoms. The van der Waals surface area contributed by atoms with Crippen molar-refractivity contribution in [1.29, 1.82) is 0 Å². The standard InChI is InChI=1S/C14H23NO2/c1-2-17-9-10-6-7-15(8-10)14(16)13-11-4-3-5-12(11)13/h10-13H,2-9H2,1H3/t10-,11-,12+,13?/m0/s1. The Balaban J connectivity index is 1.48. The van der Waals surface area contributed by atoms with Crippen molar-refractivity contribution in [3.8, 4) is 0 Å². The zero-order valence-corrected chi connectivity index (χ0v) is 10.7. The van der Waals surface area contributed by atoms with Gasteiger partial charge < -0.3 is 9.64 Å². The summed E-state index contributed by atoms with van der Waals surface area (Å²) < 4.78 is 5.46. The van der Waals surface area contributed by atoms with Crippen LogP contribution in [0.5, 0.6) is 0 Å². The van der Waals surface area contributed by atoms with Crippen molar-refractivity contribution < 1.29 is 9.53 Å². The molecule has 3 fully saturated rings. The minimum Gasteiger partial charge on any atom is -0.381 e. The van der Waals surface area contributed by atoms with Crippen LogP contribution in [-0.4, -0.2) is 37.1 Å². The minimum atomic E-state index is 0.412. The Morgan fingerprint density at radius 1 is 1.29 bits per heavy atom. The van der Waals surface area contributed by atoms with E-state index in [1.807, 2.05) is 6.92 Å². The molecule has 0 N–H and O–H groups in total. The second-order valence-corrected chi connectivity index (χ2v) is 5.88. The van der Waals surface area contributed by atoms with Crippen LogP contribution >= 0.6 is 0 Å². The maximum Gasteiger partial charge on any atom is 0.226 e. The molecule has 4 atom stereocenters. The van der Waals surface area contributed by atoms with Gasteiger partial charge in [-0.1, -0.05) is 6.42 Å². The Morgan fingerprint density at radius 3 is 2.76 bits per heavy atom. The molecule has 1 saturated heterocycles. The molecule has 1 unspecified atom stereocenters. The SMILES string of the molecule is CCOC[C@H]1CCN(C(=O)C2[C@H]3CCC[C@@H]23)C1. The number of amides is 1. The van der Waals surface area contributed by atoms with E-state index in [1.54, 1.807) is 0 Å². The summed E-state index contributed by atoms with van der Waals surface area (Å²) in [7, 11) is 0. The van der Waals surface area contributed by atoms with Gasteiger partial charge in [0.05, 0.1) is 6.61 Å². The zero-order chi connectivity index (χ0) is 11.8. The van der Waals surface area contributed by atoms with Gasteiger partial charge in [-0.2, -0.15) is 0 Å². The summed E-state index contributed by atoms with van der Waals surface area (Å²) in [4.78, 5) is 14.4. The van der Waals surface area contributed by atoms with Crippen molar-refractivity contribution in [2.24, 2.45) is 23.7 Å². The molecule has 17 heavy (non-hydrogen) atoms. The van der Waals surface area contributed by atoms with Crippen molar-refractivity contribution in [2.45, 2.75) is 32.6 Å². The largest absolute Gasteiger partial charge is 0.381 e. The molecule has 1 heterocycles. The smallest absolute Gasteiger partial charge is 0.226 e. The van der Waals surface area contributed by atoms with E-state index in [0.29, 0.717) is 17.7 Å². The van der Waals surface area contributed by atoms with Gasteiger partial charge in [0.2, 0.25) is 5.91 Å². The lowest BCUT2D eigenvalue weighted by atomic mass is 10.1. The predicted octanol–water partition coefficient (Wildman–Crippen LogP) is 1.92. The number of ether oxygens (including phenoxy) is 1. The third-order valence-electron chi connectivity index (χ3n) is 4.85. The van der Waals surface area contributed by atoms with Crippen LogP contribution in [0.4, 0.5) is 0 Å². The van der Waals surface area contributed by atoms with Crippen LogP contribution in [0, 0.1) is 23.7 Å². The molecule has 96 valence electrons. The summed E-state index contributed by atoms with van der Waals surface area (Å²) in [5.74, 6) is 2.97. The number of carbonyl (C=O) groups is 1. The summed E-state index contributed by atoms with van der Waals surface area (Å²) >= 11 is 0. The van der Waals surface area contributed by atoms with Crippen LogP contribution < -0.4 is 0 Å². The highest BCUT2D eigenvalue weighted by Crippen LogP contribution is 2.58. The molecule has 0 radical (unpaired) electrons. The highest BCUT2D eigenvalue weighted by molar-refractivity contribution is 5.82. The maximum atomic E-state index is 12.3. The third-order valence-corrected chi connectivity index (χ3v) is 4.85. The van der Waals surface area contributed by atoms with Gasteiger partial charge in [0.1, 0.15) is 0 Å². The van der Waals surface area contributed by atoms with Crippen LogP contribution in [-0.2, 0) is 9.53 Å². The fraction of sp³-hybridized carbons (Fsp3) is 0.929. The average Bonchev–Trinajstić information content (AvgIpc) is 2.77. The molecular weight excluding hydrogens is 214 g/mol. The molecule has 1 amide bonds. The molecular formula is C14H23NO2. The fourth-order valence-corrected chi connectivity index (χ4v) is 3.85. The molecule has 1 aliphatic heterocycles. The van der Waals surface area contributed by atoms with E-state index in [0.717, 1.165) is 44.6 Å². The van der Waals surface area contributed by atoms with Crippen molar-refractivity contribution >= 4 is 5.91 Å². The number of rotatable bonds is 4. The first-order chi connectivity index (χ1) is 8.31. The molecule has 0 aromatic carbocycles. The van der Waals surface area contributed by atoms with Crippen molar-refractivity contribution in [3.63, 3.8) is 0 Å². The molecule has 0 aromatic rings. The van der Waals surface area contributed by atoms with E-state index in [1.165, 1.54) is 19.3 Å². The number of fused-ring (bicyclic) bond motifs is 1. The van der Waals surface area contributed by atoms with Crippen LogP contribution in [0.1, 0.15) is 32.6 Å². The Bertz CT molecular complexity index is 295. The predicted molar refractivity (Wildman–Crippen MR) is 65.5 cm³/mol. The maximum absolute atomic E-state index is 12.3. The summed E-state index contributed by atoms with van der Waals surface area (Å²) in [6.07, 6.45) is 5.09. The van der Waals surface area contributed by atoms with Crippen LogP contribution in [0.3, 0.4) is 0 Å². The lowest BCUT2D eigenvalue weighted by Crippen LogP contribution is -2.31. The summed E-state index contributed by atoms with van der Waals surface area (Å²) in [5.41, 5.74) is 0. The monoisotopic (exact) mass is 237 g/mol. The van der Waals surface area contributed by atoms with Crippen LogP contribution in [0.2, 0.25) is 0 Å². The molecule has 3 rings (SSSR count). The fourth-order valence-electron chi connectivity index (χ4n) is 3.85. The second kappa shape index (κ2) is 4.60. The highest BCUT2D eigenvalue weighted by atomic mass is 16.5. The molecule has 2 aliphatic carbocycles. The number of carbonyl (C=O) groups excluding carboxylic acids is 1. The quantitative estimate of drug-likeness (QED) is 0.747. The van der Waals surface area contributed by atoms with Crippen LogP contribution in [0.25, 0.3) is 0 Å². The lowest BCUT2D eigenvalue weighted by Gasteiger charge is -2.17. The minimum absolute atomic E-state index is 0.412. The lowest BCUT2D eigenvalue weighted by molar-refractivity contribution is -0.132. The van der Waals surface area contributed by atoms with Gasteiger partial charge in [0.15, 0.2) is 0 Å². The summed E-state index contributed by atoms with van der Waals surface area (Å²) in [5, 5.41) is 0. The first-order valence-corrected chi connectivity index (χ1v) is 7.17. The molecule has 3 aliphatic rings. The van der Waals surface area contributed by atoms with E-state index in [-0.39, 0.29) is 0 Å². The molecule has 3 heteroatoms.